The van der Waals surface area contributed by atoms with Crippen LogP contribution in [-0.4, -0.2) is 28.0 Å². The maximum Gasteiger partial charge on any atom is 0.348 e. The predicted molar refractivity (Wildman–Crippen MR) is 114 cm³/mol. The Hall–Kier alpha value is -2.71. The number of esters is 1. The molecule has 152 valence electrons. The summed E-state index contributed by atoms with van der Waals surface area (Å²) < 4.78 is 6.30. The van der Waals surface area contributed by atoms with Crippen LogP contribution in [0.1, 0.15) is 40.7 Å². The molecule has 2 heterocycles. The summed E-state index contributed by atoms with van der Waals surface area (Å²) in [7, 11) is 0. The minimum Gasteiger partial charge on any atom is -0.462 e. The third-order valence-electron chi connectivity index (χ3n) is 4.59. The molecule has 0 bridgehead atoms. The average molecular weight is 434 g/mol. The van der Waals surface area contributed by atoms with Crippen LogP contribution in [0.2, 0.25) is 5.02 Å². The van der Waals surface area contributed by atoms with Crippen LogP contribution in [0.25, 0.3) is 10.2 Å². The second-order valence-corrected chi connectivity index (χ2v) is 7.97. The van der Waals surface area contributed by atoms with Gasteiger partial charge in [-0.3, -0.25) is 14.2 Å². The zero-order valence-electron chi connectivity index (χ0n) is 16.4. The highest BCUT2D eigenvalue weighted by atomic mass is 35.5. The highest BCUT2D eigenvalue weighted by molar-refractivity contribution is 7.20. The van der Waals surface area contributed by atoms with Crippen molar-refractivity contribution in [3.63, 3.8) is 0 Å². The van der Waals surface area contributed by atoms with E-state index >= 15 is 0 Å². The van der Waals surface area contributed by atoms with Crippen LogP contribution in [0, 0.1) is 13.8 Å². The number of carbonyl (C=O) groups excluding carboxylic acids is 2. The molecule has 0 radical (unpaired) electrons. The molecule has 3 aromatic rings. The number of nitrogens with zero attached hydrogens (tertiary/aromatic N) is 2. The number of fused-ring (bicyclic) bond motifs is 1. The number of carbonyl (C=O) groups is 2. The number of rotatable bonds is 5. The van der Waals surface area contributed by atoms with Gasteiger partial charge in [0.25, 0.3) is 5.56 Å². The number of hydrogen-bond donors (Lipinski definition) is 1. The first-order valence-corrected chi connectivity index (χ1v) is 10.2. The van der Waals surface area contributed by atoms with Crippen molar-refractivity contribution in [2.75, 3.05) is 11.9 Å². The summed E-state index contributed by atoms with van der Waals surface area (Å²) in [5, 5.41) is 3.61. The van der Waals surface area contributed by atoms with Crippen LogP contribution < -0.4 is 10.9 Å². The van der Waals surface area contributed by atoms with Gasteiger partial charge in [0, 0.05) is 10.7 Å². The van der Waals surface area contributed by atoms with Crippen molar-refractivity contribution in [2.45, 2.75) is 33.7 Å². The predicted octanol–water partition coefficient (Wildman–Crippen LogP) is 4.10. The summed E-state index contributed by atoms with van der Waals surface area (Å²) >= 11 is 7.11. The van der Waals surface area contributed by atoms with Gasteiger partial charge < -0.3 is 10.1 Å². The first kappa shape index (κ1) is 21.0. The Morgan fingerprint density at radius 1 is 1.34 bits per heavy atom. The van der Waals surface area contributed by atoms with Crippen LogP contribution >= 0.6 is 22.9 Å². The van der Waals surface area contributed by atoms with Gasteiger partial charge in [-0.2, -0.15) is 0 Å². The number of nitrogens with one attached hydrogen (secondary N) is 1. The van der Waals surface area contributed by atoms with Crippen LogP contribution in [0.5, 0.6) is 0 Å². The molecule has 0 aliphatic carbocycles. The smallest absolute Gasteiger partial charge is 0.348 e. The van der Waals surface area contributed by atoms with Gasteiger partial charge in [-0.1, -0.05) is 17.7 Å². The van der Waals surface area contributed by atoms with E-state index in [1.807, 2.05) is 6.92 Å². The molecule has 9 heteroatoms. The van der Waals surface area contributed by atoms with Crippen molar-refractivity contribution in [1.29, 1.82) is 0 Å². The van der Waals surface area contributed by atoms with Crippen molar-refractivity contribution in [3.8, 4) is 0 Å². The number of hydrogen-bond acceptors (Lipinski definition) is 6. The number of aromatic nitrogens is 2. The minimum absolute atomic E-state index is 0.240. The number of aryl methyl sites for hydroxylation is 2. The lowest BCUT2D eigenvalue weighted by atomic mass is 10.2. The lowest BCUT2D eigenvalue weighted by Gasteiger charge is -2.16. The van der Waals surface area contributed by atoms with Crippen molar-refractivity contribution >= 4 is 50.7 Å². The van der Waals surface area contributed by atoms with Gasteiger partial charge >= 0.3 is 5.97 Å². The number of anilines is 1. The van der Waals surface area contributed by atoms with E-state index in [1.165, 1.54) is 10.9 Å². The van der Waals surface area contributed by atoms with E-state index in [0.29, 0.717) is 31.4 Å². The molecule has 0 aliphatic rings. The van der Waals surface area contributed by atoms with Crippen molar-refractivity contribution in [2.24, 2.45) is 0 Å². The third-order valence-corrected chi connectivity index (χ3v) is 6.01. The normalized spacial score (nSPS) is 12.0. The summed E-state index contributed by atoms with van der Waals surface area (Å²) in [6.45, 7) is 7.09. The molecule has 0 fully saturated rings. The molecule has 29 heavy (non-hydrogen) atoms. The first-order chi connectivity index (χ1) is 13.7. The Bertz CT molecular complexity index is 1170. The van der Waals surface area contributed by atoms with Crippen molar-refractivity contribution in [1.82, 2.24) is 9.55 Å². The van der Waals surface area contributed by atoms with E-state index in [1.54, 1.807) is 39.0 Å². The SMILES string of the molecule is CCOC(=O)c1sc2ncn(C(C)C(=O)Nc3cc(Cl)ccc3C)c(=O)c2c1C. The van der Waals surface area contributed by atoms with E-state index in [0.717, 1.165) is 16.9 Å². The maximum absolute atomic E-state index is 13.0. The Morgan fingerprint density at radius 3 is 2.76 bits per heavy atom. The monoisotopic (exact) mass is 433 g/mol. The van der Waals surface area contributed by atoms with Gasteiger partial charge in [0.05, 0.1) is 18.3 Å². The molecular weight excluding hydrogens is 414 g/mol. The Labute approximate surface area is 176 Å². The molecule has 0 saturated heterocycles. The van der Waals surface area contributed by atoms with E-state index in [4.69, 9.17) is 16.3 Å². The topological polar surface area (TPSA) is 90.3 Å². The fourth-order valence-corrected chi connectivity index (χ4v) is 4.10. The molecule has 2 aromatic heterocycles. The van der Waals surface area contributed by atoms with Gasteiger partial charge in [-0.25, -0.2) is 9.78 Å². The molecule has 1 aromatic carbocycles. The van der Waals surface area contributed by atoms with Crippen molar-refractivity contribution < 1.29 is 14.3 Å². The summed E-state index contributed by atoms with van der Waals surface area (Å²) in [6, 6.07) is 4.37. The van der Waals surface area contributed by atoms with Gasteiger partial charge in [-0.05, 0) is 51.0 Å². The molecule has 3 rings (SSSR count). The van der Waals surface area contributed by atoms with Crippen LogP contribution in [0.3, 0.4) is 0 Å². The van der Waals surface area contributed by atoms with Gasteiger partial charge in [0.15, 0.2) is 0 Å². The molecule has 1 N–H and O–H groups in total. The third kappa shape index (κ3) is 4.04. The van der Waals surface area contributed by atoms with Crippen LogP contribution in [0.15, 0.2) is 29.3 Å². The highest BCUT2D eigenvalue weighted by Crippen LogP contribution is 2.28. The molecule has 1 atom stereocenters. The number of benzene rings is 1. The lowest BCUT2D eigenvalue weighted by Crippen LogP contribution is -2.32. The number of halogens is 1. The zero-order chi connectivity index (χ0) is 21.3. The maximum atomic E-state index is 13.0. The summed E-state index contributed by atoms with van der Waals surface area (Å²) in [5.74, 6) is -0.863. The number of ether oxygens (including phenoxy) is 1. The number of amides is 1. The van der Waals surface area contributed by atoms with Gasteiger partial charge in [0.2, 0.25) is 5.91 Å². The minimum atomic E-state index is -0.817. The molecule has 7 nitrogen and oxygen atoms in total. The zero-order valence-corrected chi connectivity index (χ0v) is 18.0. The first-order valence-electron chi connectivity index (χ1n) is 8.99. The Morgan fingerprint density at radius 2 is 2.07 bits per heavy atom. The Kier molecular flexibility index (Phi) is 6.04. The highest BCUT2D eigenvalue weighted by Gasteiger charge is 2.23. The van der Waals surface area contributed by atoms with Crippen molar-refractivity contribution in [3.05, 3.63) is 55.9 Å². The molecular formula is C20H20ClN3O4S. The fraction of sp³-hybridized carbons (Fsp3) is 0.300. The van der Waals surface area contributed by atoms with E-state index in [2.05, 4.69) is 10.3 Å². The van der Waals surface area contributed by atoms with Gasteiger partial charge in [-0.15, -0.1) is 11.3 Å². The quantitative estimate of drug-likeness (QED) is 0.611. The van der Waals surface area contributed by atoms with Gasteiger partial charge in [0.1, 0.15) is 15.7 Å². The van der Waals surface area contributed by atoms with Crippen LogP contribution in [0.4, 0.5) is 5.69 Å². The Balaban J connectivity index is 1.96. The largest absolute Gasteiger partial charge is 0.462 e. The van der Waals surface area contributed by atoms with E-state index < -0.39 is 12.0 Å². The summed E-state index contributed by atoms with van der Waals surface area (Å²) in [6.07, 6.45) is 1.32. The number of thiophene rings is 1. The lowest BCUT2D eigenvalue weighted by molar-refractivity contribution is -0.118. The van der Waals surface area contributed by atoms with E-state index in [9.17, 15) is 14.4 Å². The van der Waals surface area contributed by atoms with E-state index in [-0.39, 0.29) is 18.1 Å². The summed E-state index contributed by atoms with van der Waals surface area (Å²) in [4.78, 5) is 42.9. The second kappa shape index (κ2) is 8.34. The molecule has 1 amide bonds. The average Bonchev–Trinajstić information content (AvgIpc) is 3.02. The van der Waals surface area contributed by atoms with Crippen LogP contribution in [-0.2, 0) is 9.53 Å². The fourth-order valence-electron chi connectivity index (χ4n) is 2.90. The molecule has 0 aliphatic heterocycles. The second-order valence-electron chi connectivity index (χ2n) is 6.54. The molecule has 0 spiro atoms. The molecule has 0 saturated carbocycles. The molecule has 1 unspecified atom stereocenters. The standard InChI is InChI=1S/C20H20ClN3O4S/c1-5-28-20(27)16-11(3)15-18(29-16)22-9-24(19(15)26)12(4)17(25)23-14-8-13(21)7-6-10(14)2/h6-9,12H,5H2,1-4H3,(H,23,25). The summed E-state index contributed by atoms with van der Waals surface area (Å²) in [5.41, 5.74) is 1.55.